The van der Waals surface area contributed by atoms with Crippen molar-refractivity contribution in [1.29, 1.82) is 0 Å². The van der Waals surface area contributed by atoms with Crippen LogP contribution in [0.1, 0.15) is 27.7 Å². The van der Waals surface area contributed by atoms with Crippen LogP contribution < -0.4 is 11.3 Å². The summed E-state index contributed by atoms with van der Waals surface area (Å²) in [6.45, 7) is 8.50. The zero-order chi connectivity index (χ0) is 7.49. The fraction of sp³-hybridized carbons (Fsp3) is 0.714. The molecule has 0 aliphatic heterocycles. The van der Waals surface area contributed by atoms with Gasteiger partial charge in [0.1, 0.15) is 0 Å². The van der Waals surface area contributed by atoms with E-state index in [1.165, 1.54) is 5.57 Å². The van der Waals surface area contributed by atoms with Crippen LogP contribution in [0, 0.1) is 5.41 Å². The minimum absolute atomic E-state index is 0.229. The average Bonchev–Trinajstić information content (AvgIpc) is 1.64. The number of hydrazine groups is 1. The van der Waals surface area contributed by atoms with Crippen LogP contribution in [-0.4, -0.2) is 0 Å². The van der Waals surface area contributed by atoms with E-state index in [1.807, 2.05) is 6.20 Å². The van der Waals surface area contributed by atoms with Gasteiger partial charge < -0.3 is 5.43 Å². The van der Waals surface area contributed by atoms with Gasteiger partial charge in [-0.1, -0.05) is 26.3 Å². The summed E-state index contributed by atoms with van der Waals surface area (Å²) in [7, 11) is 0. The molecule has 0 rings (SSSR count). The summed E-state index contributed by atoms with van der Waals surface area (Å²) in [5.41, 5.74) is 4.00. The molecular weight excluding hydrogens is 112 g/mol. The first-order chi connectivity index (χ1) is 3.98. The molecule has 0 aliphatic rings. The van der Waals surface area contributed by atoms with Crippen molar-refractivity contribution < 1.29 is 0 Å². The van der Waals surface area contributed by atoms with Crippen molar-refractivity contribution in [1.82, 2.24) is 5.43 Å². The maximum atomic E-state index is 5.10. The third kappa shape index (κ3) is 3.14. The second-order valence-electron chi connectivity index (χ2n) is 3.24. The molecule has 0 aromatic rings. The highest BCUT2D eigenvalue weighted by Gasteiger charge is 2.11. The minimum atomic E-state index is 0.229. The number of rotatable bonds is 1. The van der Waals surface area contributed by atoms with Gasteiger partial charge in [-0.25, -0.2) is 0 Å². The van der Waals surface area contributed by atoms with E-state index in [-0.39, 0.29) is 5.41 Å². The SMILES string of the molecule is C/C(=C/NN)C(C)(C)C. The smallest absolute Gasteiger partial charge is 0.0117 e. The molecule has 0 bridgehead atoms. The third-order valence-corrected chi connectivity index (χ3v) is 1.48. The van der Waals surface area contributed by atoms with E-state index in [1.54, 1.807) is 0 Å². The van der Waals surface area contributed by atoms with Crippen LogP contribution in [0.25, 0.3) is 0 Å². The fourth-order valence-electron chi connectivity index (χ4n) is 0.342. The van der Waals surface area contributed by atoms with Gasteiger partial charge in [-0.2, -0.15) is 0 Å². The lowest BCUT2D eigenvalue weighted by atomic mass is 9.88. The first-order valence-electron chi connectivity index (χ1n) is 3.12. The maximum absolute atomic E-state index is 5.10. The molecule has 2 nitrogen and oxygen atoms in total. The van der Waals surface area contributed by atoms with Gasteiger partial charge in [0.15, 0.2) is 0 Å². The van der Waals surface area contributed by atoms with E-state index in [4.69, 9.17) is 5.84 Å². The Labute approximate surface area is 57.1 Å². The molecule has 0 fully saturated rings. The molecule has 0 aromatic heterocycles. The summed E-state index contributed by atoms with van der Waals surface area (Å²) in [5, 5.41) is 0. The van der Waals surface area contributed by atoms with Gasteiger partial charge >= 0.3 is 0 Å². The monoisotopic (exact) mass is 128 g/mol. The summed E-state index contributed by atoms with van der Waals surface area (Å²) in [6, 6.07) is 0. The van der Waals surface area contributed by atoms with Gasteiger partial charge in [-0.3, -0.25) is 5.84 Å². The molecule has 54 valence electrons. The highest BCUT2D eigenvalue weighted by Crippen LogP contribution is 2.22. The zero-order valence-corrected chi connectivity index (χ0v) is 6.65. The zero-order valence-electron chi connectivity index (χ0n) is 6.65. The summed E-state index contributed by atoms with van der Waals surface area (Å²) >= 11 is 0. The van der Waals surface area contributed by atoms with Crippen LogP contribution in [0.5, 0.6) is 0 Å². The molecule has 0 heterocycles. The van der Waals surface area contributed by atoms with Crippen LogP contribution in [0.4, 0.5) is 0 Å². The number of allylic oxidation sites excluding steroid dienone is 1. The highest BCUT2D eigenvalue weighted by atomic mass is 15.2. The quantitative estimate of drug-likeness (QED) is 0.414. The summed E-state index contributed by atoms with van der Waals surface area (Å²) < 4.78 is 0. The Morgan fingerprint density at radius 2 is 1.89 bits per heavy atom. The molecule has 0 spiro atoms. The van der Waals surface area contributed by atoms with Crippen molar-refractivity contribution in [3.63, 3.8) is 0 Å². The van der Waals surface area contributed by atoms with Crippen molar-refractivity contribution in [2.24, 2.45) is 11.3 Å². The average molecular weight is 128 g/mol. The van der Waals surface area contributed by atoms with Crippen molar-refractivity contribution in [3.05, 3.63) is 11.8 Å². The number of nitrogens with one attached hydrogen (secondary N) is 1. The topological polar surface area (TPSA) is 38.0 Å². The standard InChI is InChI=1S/C7H16N2/c1-6(5-9-8)7(2,3)4/h5,9H,8H2,1-4H3/b6-5-. The molecule has 0 unspecified atom stereocenters. The van der Waals surface area contributed by atoms with Gasteiger partial charge in [0, 0.05) is 6.20 Å². The second kappa shape index (κ2) is 2.87. The summed E-state index contributed by atoms with van der Waals surface area (Å²) in [4.78, 5) is 0. The van der Waals surface area contributed by atoms with E-state index in [0.29, 0.717) is 0 Å². The van der Waals surface area contributed by atoms with Crippen LogP contribution in [0.2, 0.25) is 0 Å². The Morgan fingerprint density at radius 1 is 1.44 bits per heavy atom. The Hall–Kier alpha value is -0.500. The van der Waals surface area contributed by atoms with E-state index in [0.717, 1.165) is 0 Å². The Balaban J connectivity index is 4.03. The number of nitrogens with two attached hydrogens (primary N) is 1. The lowest BCUT2D eigenvalue weighted by molar-refractivity contribution is 0.499. The Morgan fingerprint density at radius 3 is 2.00 bits per heavy atom. The second-order valence-corrected chi connectivity index (χ2v) is 3.24. The van der Waals surface area contributed by atoms with E-state index in [2.05, 4.69) is 33.1 Å². The Kier molecular flexibility index (Phi) is 2.71. The van der Waals surface area contributed by atoms with Crippen molar-refractivity contribution in [3.8, 4) is 0 Å². The molecular formula is C7H16N2. The molecule has 0 saturated heterocycles. The highest BCUT2D eigenvalue weighted by molar-refractivity contribution is 5.05. The molecule has 0 amide bonds. The van der Waals surface area contributed by atoms with Crippen molar-refractivity contribution in [2.75, 3.05) is 0 Å². The van der Waals surface area contributed by atoms with Gasteiger partial charge in [0.25, 0.3) is 0 Å². The molecule has 2 heteroatoms. The molecule has 0 atom stereocenters. The molecule has 0 aliphatic carbocycles. The molecule has 0 aromatic carbocycles. The summed E-state index contributed by atoms with van der Waals surface area (Å²) in [5.74, 6) is 5.10. The van der Waals surface area contributed by atoms with Gasteiger partial charge in [0.05, 0.1) is 0 Å². The minimum Gasteiger partial charge on any atom is -0.331 e. The maximum Gasteiger partial charge on any atom is 0.0117 e. The van der Waals surface area contributed by atoms with Gasteiger partial charge in [-0.05, 0) is 12.3 Å². The number of hydrogen-bond acceptors (Lipinski definition) is 2. The number of hydrogen-bond donors (Lipinski definition) is 2. The predicted molar refractivity (Wildman–Crippen MR) is 40.5 cm³/mol. The van der Waals surface area contributed by atoms with Crippen LogP contribution in [-0.2, 0) is 0 Å². The lowest BCUT2D eigenvalue weighted by Gasteiger charge is -2.18. The van der Waals surface area contributed by atoms with Crippen molar-refractivity contribution >= 4 is 0 Å². The summed E-state index contributed by atoms with van der Waals surface area (Å²) in [6.07, 6.45) is 1.82. The predicted octanol–water partition coefficient (Wildman–Crippen LogP) is 1.40. The van der Waals surface area contributed by atoms with E-state index < -0.39 is 0 Å². The third-order valence-electron chi connectivity index (χ3n) is 1.48. The van der Waals surface area contributed by atoms with Crippen LogP contribution >= 0.6 is 0 Å². The first kappa shape index (κ1) is 8.50. The molecule has 9 heavy (non-hydrogen) atoms. The van der Waals surface area contributed by atoms with Gasteiger partial charge in [-0.15, -0.1) is 0 Å². The van der Waals surface area contributed by atoms with Gasteiger partial charge in [0.2, 0.25) is 0 Å². The molecule has 0 radical (unpaired) electrons. The Bertz CT molecular complexity index is 109. The normalized spacial score (nSPS) is 13.7. The van der Waals surface area contributed by atoms with Crippen molar-refractivity contribution in [2.45, 2.75) is 27.7 Å². The first-order valence-corrected chi connectivity index (χ1v) is 3.12. The molecule has 3 N–H and O–H groups in total. The molecule has 0 saturated carbocycles. The van der Waals surface area contributed by atoms with E-state index >= 15 is 0 Å². The van der Waals surface area contributed by atoms with Crippen LogP contribution in [0.3, 0.4) is 0 Å². The lowest BCUT2D eigenvalue weighted by Crippen LogP contribution is -2.17. The largest absolute Gasteiger partial charge is 0.331 e. The van der Waals surface area contributed by atoms with E-state index in [9.17, 15) is 0 Å². The fourth-order valence-corrected chi connectivity index (χ4v) is 0.342. The van der Waals surface area contributed by atoms with Crippen LogP contribution in [0.15, 0.2) is 11.8 Å².